The second-order valence-electron chi connectivity index (χ2n) is 6.62. The van der Waals surface area contributed by atoms with E-state index in [0.29, 0.717) is 0 Å². The Morgan fingerprint density at radius 2 is 1.48 bits per heavy atom. The number of methoxy groups -OCH3 is 1. The van der Waals surface area contributed by atoms with Crippen LogP contribution in [0.5, 0.6) is 0 Å². The Bertz CT molecular complexity index is 446. The molecular formula is C15H20F6O2. The second-order valence-corrected chi connectivity index (χ2v) is 6.62. The highest BCUT2D eigenvalue weighted by Gasteiger charge is 2.83. The van der Waals surface area contributed by atoms with E-state index in [1.54, 1.807) is 0 Å². The molecule has 2 fully saturated rings. The van der Waals surface area contributed by atoms with Crippen molar-refractivity contribution in [3.8, 4) is 0 Å². The van der Waals surface area contributed by atoms with Gasteiger partial charge in [-0.3, -0.25) is 0 Å². The van der Waals surface area contributed by atoms with Crippen molar-refractivity contribution >= 4 is 0 Å². The highest BCUT2D eigenvalue weighted by molar-refractivity contribution is 5.21. The zero-order valence-corrected chi connectivity index (χ0v) is 13.0. The number of fused-ring (bicyclic) bond motifs is 2. The minimum Gasteiger partial charge on any atom is -0.356 e. The van der Waals surface area contributed by atoms with Gasteiger partial charge >= 0.3 is 12.4 Å². The first-order valence-electron chi connectivity index (χ1n) is 7.36. The fraction of sp³-hybridized carbons (Fsp3) is 0.867. The third kappa shape index (κ3) is 2.49. The molecular weight excluding hydrogens is 326 g/mol. The van der Waals surface area contributed by atoms with Crippen molar-refractivity contribution in [1.82, 2.24) is 0 Å². The Hall–Kier alpha value is -0.760. The molecule has 1 unspecified atom stereocenters. The molecule has 2 saturated carbocycles. The van der Waals surface area contributed by atoms with Crippen molar-refractivity contribution in [1.29, 1.82) is 0 Å². The van der Waals surface area contributed by atoms with Gasteiger partial charge in [-0.1, -0.05) is 6.08 Å². The second kappa shape index (κ2) is 5.37. The van der Waals surface area contributed by atoms with Crippen LogP contribution in [0.25, 0.3) is 0 Å². The molecule has 2 aliphatic rings. The third-order valence-corrected chi connectivity index (χ3v) is 5.55. The lowest BCUT2D eigenvalue weighted by Crippen LogP contribution is -2.68. The van der Waals surface area contributed by atoms with Gasteiger partial charge in [0.25, 0.3) is 5.60 Å². The maximum Gasteiger partial charge on any atom is 0.427 e. The molecule has 0 heterocycles. The number of alkyl halides is 6. The normalized spacial score (nSPS) is 33.0. The summed E-state index contributed by atoms with van der Waals surface area (Å²) in [5.74, 6) is 0. The van der Waals surface area contributed by atoms with Gasteiger partial charge in [0.1, 0.15) is 0 Å². The van der Waals surface area contributed by atoms with E-state index < -0.39 is 35.1 Å². The number of halogens is 6. The number of hydrogen-bond donors (Lipinski definition) is 0. The molecule has 2 nitrogen and oxygen atoms in total. The minimum atomic E-state index is -5.60. The predicted octanol–water partition coefficient (Wildman–Crippen LogP) is 5.00. The van der Waals surface area contributed by atoms with Crippen LogP contribution in [0.2, 0.25) is 0 Å². The van der Waals surface area contributed by atoms with Crippen LogP contribution in [0.1, 0.15) is 39.0 Å². The van der Waals surface area contributed by atoms with E-state index in [9.17, 15) is 26.3 Å². The Kier molecular flexibility index (Phi) is 4.34. The van der Waals surface area contributed by atoms with Gasteiger partial charge in [-0.25, -0.2) is 0 Å². The van der Waals surface area contributed by atoms with Crippen molar-refractivity contribution in [2.45, 2.75) is 63.3 Å². The molecule has 8 heteroatoms. The van der Waals surface area contributed by atoms with Gasteiger partial charge in [0.2, 0.25) is 0 Å². The Morgan fingerprint density at radius 3 is 1.78 bits per heavy atom. The molecule has 2 bridgehead atoms. The quantitative estimate of drug-likeness (QED) is 0.396. The van der Waals surface area contributed by atoms with Crippen molar-refractivity contribution in [2.75, 3.05) is 7.11 Å². The first-order chi connectivity index (χ1) is 10.4. The van der Waals surface area contributed by atoms with Crippen molar-refractivity contribution in [3.05, 3.63) is 12.7 Å². The SMILES string of the molecule is C=CC12CCC(C(OC(C)OC)(C(F)(F)F)C(F)(F)F)(CC1)C2. The monoisotopic (exact) mass is 346 g/mol. The molecule has 134 valence electrons. The lowest BCUT2D eigenvalue weighted by Gasteiger charge is -2.49. The van der Waals surface area contributed by atoms with Crippen molar-refractivity contribution < 1.29 is 35.8 Å². The smallest absolute Gasteiger partial charge is 0.356 e. The summed E-state index contributed by atoms with van der Waals surface area (Å²) in [6, 6.07) is 0. The van der Waals surface area contributed by atoms with Crippen LogP contribution in [-0.2, 0) is 9.47 Å². The standard InChI is InChI=1S/C15H20F6O2/c1-4-11-5-7-12(9-11,8-6-11)13(14(16,17)18,15(19,20)21)23-10(2)22-3/h4,10H,1,5-9H2,2-3H3. The topological polar surface area (TPSA) is 18.5 Å². The molecule has 0 saturated heterocycles. The molecule has 23 heavy (non-hydrogen) atoms. The largest absolute Gasteiger partial charge is 0.427 e. The summed E-state index contributed by atoms with van der Waals surface area (Å²) in [6.07, 6.45) is -11.4. The van der Waals surface area contributed by atoms with Gasteiger partial charge in [0.05, 0.1) is 0 Å². The van der Waals surface area contributed by atoms with E-state index in [-0.39, 0.29) is 32.1 Å². The molecule has 2 aliphatic carbocycles. The lowest BCUT2D eigenvalue weighted by molar-refractivity contribution is -0.437. The Balaban J connectivity index is 2.60. The van der Waals surface area contributed by atoms with E-state index in [1.807, 2.05) is 0 Å². The molecule has 0 N–H and O–H groups in total. The number of ether oxygens (including phenoxy) is 2. The molecule has 0 radical (unpaired) electrons. The summed E-state index contributed by atoms with van der Waals surface area (Å²) in [6.45, 7) is 4.63. The molecule has 0 aromatic carbocycles. The van der Waals surface area contributed by atoms with Crippen molar-refractivity contribution in [3.63, 3.8) is 0 Å². The average molecular weight is 346 g/mol. The zero-order valence-electron chi connectivity index (χ0n) is 13.0. The lowest BCUT2D eigenvalue weighted by atomic mass is 9.68. The minimum absolute atomic E-state index is 0.200. The summed E-state index contributed by atoms with van der Waals surface area (Å²) < 4.78 is 91.8. The van der Waals surface area contributed by atoms with E-state index >= 15 is 0 Å². The summed E-state index contributed by atoms with van der Waals surface area (Å²) >= 11 is 0. The van der Waals surface area contributed by atoms with Gasteiger partial charge in [0, 0.05) is 12.5 Å². The van der Waals surface area contributed by atoms with Gasteiger partial charge in [-0.2, -0.15) is 26.3 Å². The van der Waals surface area contributed by atoms with E-state index in [4.69, 9.17) is 0 Å². The average Bonchev–Trinajstić information content (AvgIpc) is 2.99. The van der Waals surface area contributed by atoms with Crippen LogP contribution in [0.4, 0.5) is 26.3 Å². The molecule has 1 atom stereocenters. The molecule has 0 amide bonds. The van der Waals surface area contributed by atoms with Crippen LogP contribution in [-0.4, -0.2) is 31.4 Å². The van der Waals surface area contributed by atoms with E-state index in [0.717, 1.165) is 14.0 Å². The summed E-state index contributed by atoms with van der Waals surface area (Å²) in [5.41, 5.74) is -6.93. The van der Waals surface area contributed by atoms with Gasteiger partial charge in [-0.15, -0.1) is 6.58 Å². The predicted molar refractivity (Wildman–Crippen MR) is 70.5 cm³/mol. The third-order valence-electron chi connectivity index (χ3n) is 5.55. The van der Waals surface area contributed by atoms with Crippen LogP contribution in [0.3, 0.4) is 0 Å². The molecule has 2 rings (SSSR count). The Labute approximate surface area is 130 Å². The maximum atomic E-state index is 13.8. The fourth-order valence-corrected chi connectivity index (χ4v) is 4.32. The molecule has 0 aromatic heterocycles. The number of allylic oxidation sites excluding steroid dienone is 1. The maximum absolute atomic E-state index is 13.8. The fourth-order valence-electron chi connectivity index (χ4n) is 4.32. The Morgan fingerprint density at radius 1 is 1.00 bits per heavy atom. The van der Waals surface area contributed by atoms with Crippen LogP contribution >= 0.6 is 0 Å². The summed E-state index contributed by atoms with van der Waals surface area (Å²) in [5, 5.41) is 0. The van der Waals surface area contributed by atoms with Crippen LogP contribution in [0.15, 0.2) is 12.7 Å². The number of rotatable bonds is 5. The molecule has 0 spiro atoms. The van der Waals surface area contributed by atoms with Gasteiger partial charge < -0.3 is 9.47 Å². The van der Waals surface area contributed by atoms with Gasteiger partial charge in [0.15, 0.2) is 6.29 Å². The number of hydrogen-bond acceptors (Lipinski definition) is 2. The van der Waals surface area contributed by atoms with Crippen LogP contribution in [0, 0.1) is 10.8 Å². The highest BCUT2D eigenvalue weighted by Crippen LogP contribution is 2.72. The van der Waals surface area contributed by atoms with E-state index in [1.165, 1.54) is 6.08 Å². The molecule has 0 aliphatic heterocycles. The highest BCUT2D eigenvalue weighted by atomic mass is 19.4. The van der Waals surface area contributed by atoms with Crippen molar-refractivity contribution in [2.24, 2.45) is 10.8 Å². The van der Waals surface area contributed by atoms with E-state index in [2.05, 4.69) is 16.1 Å². The summed E-state index contributed by atoms with van der Waals surface area (Å²) in [7, 11) is 1.01. The summed E-state index contributed by atoms with van der Waals surface area (Å²) in [4.78, 5) is 0. The van der Waals surface area contributed by atoms with Gasteiger partial charge in [-0.05, 0) is 44.4 Å². The molecule has 0 aromatic rings. The first-order valence-corrected chi connectivity index (χ1v) is 7.36. The van der Waals surface area contributed by atoms with Crippen LogP contribution < -0.4 is 0 Å². The first kappa shape index (κ1) is 18.6. The zero-order chi connectivity index (χ0) is 17.7.